The van der Waals surface area contributed by atoms with E-state index in [-0.39, 0.29) is 23.9 Å². The van der Waals surface area contributed by atoms with Crippen molar-refractivity contribution in [2.45, 2.75) is 50.6 Å². The van der Waals surface area contributed by atoms with Crippen molar-refractivity contribution in [1.82, 2.24) is 9.88 Å². The molecule has 0 spiro atoms. The summed E-state index contributed by atoms with van der Waals surface area (Å²) in [7, 11) is 0. The van der Waals surface area contributed by atoms with E-state index in [0.717, 1.165) is 42.3 Å². The highest BCUT2D eigenvalue weighted by atomic mass is 16.2. The zero-order valence-electron chi connectivity index (χ0n) is 14.4. The van der Waals surface area contributed by atoms with Gasteiger partial charge in [-0.25, -0.2) is 4.98 Å². The highest BCUT2D eigenvalue weighted by Gasteiger charge is 2.36. The maximum atomic E-state index is 11.9. The third-order valence-corrected chi connectivity index (χ3v) is 5.34. The predicted molar refractivity (Wildman–Crippen MR) is 97.2 cm³/mol. The summed E-state index contributed by atoms with van der Waals surface area (Å²) in [6, 6.07) is 12.0. The number of fused-ring (bicyclic) bond motifs is 1. The van der Waals surface area contributed by atoms with Gasteiger partial charge >= 0.3 is 0 Å². The molecule has 6 nitrogen and oxygen atoms in total. The number of benzene rings is 1. The van der Waals surface area contributed by atoms with Gasteiger partial charge < -0.3 is 5.32 Å². The Hall–Kier alpha value is -2.94. The zero-order chi connectivity index (χ0) is 18.1. The van der Waals surface area contributed by atoms with Crippen LogP contribution in [0.4, 0.5) is 5.69 Å². The van der Waals surface area contributed by atoms with Crippen molar-refractivity contribution in [1.29, 1.82) is 5.26 Å². The predicted octanol–water partition coefficient (Wildman–Crippen LogP) is 2.98. The van der Waals surface area contributed by atoms with Crippen molar-refractivity contribution in [2.75, 3.05) is 5.32 Å². The molecule has 1 aromatic heterocycles. The van der Waals surface area contributed by atoms with Crippen LogP contribution in [0.1, 0.15) is 44.2 Å². The first-order chi connectivity index (χ1) is 12.7. The molecule has 2 fully saturated rings. The van der Waals surface area contributed by atoms with Crippen molar-refractivity contribution in [3.05, 3.63) is 36.0 Å². The maximum absolute atomic E-state index is 11.9. The number of imide groups is 1. The first-order valence-electron chi connectivity index (χ1n) is 9.07. The molecule has 1 aromatic carbocycles. The van der Waals surface area contributed by atoms with Gasteiger partial charge in [-0.2, -0.15) is 5.26 Å². The molecule has 2 aromatic rings. The molecule has 0 atom stereocenters. The summed E-state index contributed by atoms with van der Waals surface area (Å²) in [5.74, 6) is -0.0459. The van der Waals surface area contributed by atoms with Crippen LogP contribution in [0.5, 0.6) is 0 Å². The van der Waals surface area contributed by atoms with Crippen molar-refractivity contribution < 1.29 is 9.59 Å². The minimum Gasteiger partial charge on any atom is -0.382 e. The van der Waals surface area contributed by atoms with Crippen LogP contribution in [-0.2, 0) is 9.59 Å². The summed E-state index contributed by atoms with van der Waals surface area (Å²) >= 11 is 0. The van der Waals surface area contributed by atoms with Gasteiger partial charge in [0.25, 0.3) is 0 Å². The van der Waals surface area contributed by atoms with Crippen LogP contribution in [0.2, 0.25) is 0 Å². The van der Waals surface area contributed by atoms with Crippen LogP contribution in [0, 0.1) is 11.3 Å². The van der Waals surface area contributed by atoms with E-state index in [1.165, 1.54) is 4.90 Å². The van der Waals surface area contributed by atoms with E-state index in [0.29, 0.717) is 18.5 Å². The summed E-state index contributed by atoms with van der Waals surface area (Å²) in [6.45, 7) is 0. The lowest BCUT2D eigenvalue weighted by Crippen LogP contribution is -2.43. The lowest BCUT2D eigenvalue weighted by molar-refractivity contribution is -0.141. The Morgan fingerprint density at radius 1 is 1.08 bits per heavy atom. The van der Waals surface area contributed by atoms with Crippen molar-refractivity contribution >= 4 is 28.4 Å². The number of carbonyl (C=O) groups is 2. The van der Waals surface area contributed by atoms with Crippen molar-refractivity contribution in [3.8, 4) is 6.07 Å². The number of hydrogen-bond donors (Lipinski definition) is 1. The van der Waals surface area contributed by atoms with Gasteiger partial charge in [-0.15, -0.1) is 0 Å². The third-order valence-electron chi connectivity index (χ3n) is 5.34. The Bertz CT molecular complexity index is 894. The molecule has 1 N–H and O–H groups in total. The maximum Gasteiger partial charge on any atom is 0.229 e. The van der Waals surface area contributed by atoms with E-state index in [4.69, 9.17) is 0 Å². The highest BCUT2D eigenvalue weighted by Crippen LogP contribution is 2.31. The second kappa shape index (κ2) is 6.75. The minimum atomic E-state index is -0.0230. The molecule has 26 heavy (non-hydrogen) atoms. The minimum absolute atomic E-state index is 0.0230. The Balaban J connectivity index is 1.48. The summed E-state index contributed by atoms with van der Waals surface area (Å²) < 4.78 is 0. The van der Waals surface area contributed by atoms with E-state index in [2.05, 4.69) is 16.4 Å². The molecule has 1 aliphatic carbocycles. The second-order valence-electron chi connectivity index (χ2n) is 6.99. The summed E-state index contributed by atoms with van der Waals surface area (Å²) in [6.07, 6.45) is 4.14. The molecule has 4 rings (SSSR count). The highest BCUT2D eigenvalue weighted by molar-refractivity contribution is 6.02. The number of para-hydroxylation sites is 1. The lowest BCUT2D eigenvalue weighted by atomic mass is 9.90. The number of amides is 2. The Labute approximate surface area is 151 Å². The van der Waals surface area contributed by atoms with E-state index in [9.17, 15) is 14.9 Å². The van der Waals surface area contributed by atoms with Gasteiger partial charge in [-0.1, -0.05) is 18.2 Å². The Morgan fingerprint density at radius 3 is 2.46 bits per heavy atom. The average Bonchev–Trinajstić information content (AvgIpc) is 3.00. The largest absolute Gasteiger partial charge is 0.382 e. The number of hydrogen-bond acceptors (Lipinski definition) is 5. The molecule has 0 unspecified atom stereocenters. The monoisotopic (exact) mass is 348 g/mol. The van der Waals surface area contributed by atoms with Gasteiger partial charge in [0, 0.05) is 36.0 Å². The number of aromatic nitrogens is 1. The molecule has 132 valence electrons. The van der Waals surface area contributed by atoms with E-state index in [1.54, 1.807) is 6.07 Å². The molecule has 6 heteroatoms. The number of likely N-dealkylation sites (tertiary alicyclic amines) is 1. The number of pyridine rings is 1. The fourth-order valence-electron chi connectivity index (χ4n) is 4.05. The van der Waals surface area contributed by atoms with Crippen LogP contribution in [0.15, 0.2) is 30.3 Å². The number of rotatable bonds is 3. The quantitative estimate of drug-likeness (QED) is 0.862. The van der Waals surface area contributed by atoms with Gasteiger partial charge in [0.15, 0.2) is 0 Å². The van der Waals surface area contributed by atoms with Crippen LogP contribution in [0.3, 0.4) is 0 Å². The first-order valence-corrected chi connectivity index (χ1v) is 9.07. The molecule has 1 saturated heterocycles. The molecule has 0 bridgehead atoms. The van der Waals surface area contributed by atoms with Crippen LogP contribution in [0.25, 0.3) is 10.9 Å². The smallest absolute Gasteiger partial charge is 0.229 e. The molecular weight excluding hydrogens is 328 g/mol. The van der Waals surface area contributed by atoms with E-state index in [1.807, 2.05) is 24.3 Å². The third kappa shape index (κ3) is 3.01. The lowest BCUT2D eigenvalue weighted by Gasteiger charge is -2.34. The summed E-state index contributed by atoms with van der Waals surface area (Å²) in [5, 5.41) is 13.8. The zero-order valence-corrected chi connectivity index (χ0v) is 14.4. The van der Waals surface area contributed by atoms with Crippen molar-refractivity contribution in [3.63, 3.8) is 0 Å². The number of nitriles is 1. The number of nitrogens with zero attached hydrogens (tertiary/aromatic N) is 3. The number of nitrogens with one attached hydrogen (secondary N) is 1. The van der Waals surface area contributed by atoms with E-state index < -0.39 is 0 Å². The summed E-state index contributed by atoms with van der Waals surface area (Å²) in [5.41, 5.74) is 2.12. The molecule has 1 saturated carbocycles. The summed E-state index contributed by atoms with van der Waals surface area (Å²) in [4.78, 5) is 29.7. The van der Waals surface area contributed by atoms with Gasteiger partial charge in [0.2, 0.25) is 11.8 Å². The van der Waals surface area contributed by atoms with Crippen LogP contribution < -0.4 is 5.32 Å². The van der Waals surface area contributed by atoms with Gasteiger partial charge in [-0.05, 0) is 37.8 Å². The van der Waals surface area contributed by atoms with Gasteiger partial charge in [0.05, 0.1) is 5.52 Å². The SMILES string of the molecule is N#Cc1cc(NC2CCC(N3C(=O)CCC3=O)CC2)c2ccccc2n1. The fraction of sp³-hybridized carbons (Fsp3) is 0.400. The topological polar surface area (TPSA) is 86.1 Å². The van der Waals surface area contributed by atoms with Gasteiger partial charge in [0.1, 0.15) is 11.8 Å². The average molecular weight is 348 g/mol. The fourth-order valence-corrected chi connectivity index (χ4v) is 4.05. The Kier molecular flexibility index (Phi) is 4.29. The van der Waals surface area contributed by atoms with E-state index >= 15 is 0 Å². The molecule has 2 aliphatic rings. The Morgan fingerprint density at radius 2 is 1.77 bits per heavy atom. The standard InChI is InChI=1S/C20H20N4O2/c21-12-14-11-18(16-3-1-2-4-17(16)23-14)22-13-5-7-15(8-6-13)24-19(25)9-10-20(24)26/h1-4,11,13,15H,5-10H2,(H,22,23). The van der Waals surface area contributed by atoms with Crippen molar-refractivity contribution in [2.24, 2.45) is 0 Å². The number of anilines is 1. The molecule has 2 amide bonds. The molecule has 1 aliphatic heterocycles. The molecule has 0 radical (unpaired) electrons. The first kappa shape index (κ1) is 16.5. The molecular formula is C20H20N4O2. The molecule has 2 heterocycles. The number of carbonyl (C=O) groups excluding carboxylic acids is 2. The second-order valence-corrected chi connectivity index (χ2v) is 6.99. The van der Waals surface area contributed by atoms with Gasteiger partial charge in [-0.3, -0.25) is 14.5 Å². The normalized spacial score (nSPS) is 23.3. The van der Waals surface area contributed by atoms with Crippen LogP contribution in [-0.4, -0.2) is 33.8 Å². The van der Waals surface area contributed by atoms with Crippen LogP contribution >= 0.6 is 0 Å².